The Morgan fingerprint density at radius 3 is 2.68 bits per heavy atom. The van der Waals surface area contributed by atoms with Gasteiger partial charge in [0.05, 0.1) is 0 Å². The zero-order valence-corrected chi connectivity index (χ0v) is 13.2. The van der Waals surface area contributed by atoms with Crippen molar-refractivity contribution in [2.45, 2.75) is 12.8 Å². The molecule has 0 saturated heterocycles. The maximum absolute atomic E-state index is 11.8. The lowest BCUT2D eigenvalue weighted by Gasteiger charge is -2.01. The number of nitrogens with one attached hydrogen (secondary N) is 3. The molecule has 1 aromatic carbocycles. The molecule has 0 aliphatic heterocycles. The average molecular weight is 343 g/mol. The zero-order chi connectivity index (χ0) is 18.1. The minimum atomic E-state index is -1.17. The SMILES string of the molecule is O=C(O)C=CC(=O)NCCCC=CC(=O)Nc1ccc2n[nH]nc2c1. The van der Waals surface area contributed by atoms with E-state index in [4.69, 9.17) is 5.11 Å². The summed E-state index contributed by atoms with van der Waals surface area (Å²) in [5.41, 5.74) is 2.00. The van der Waals surface area contributed by atoms with Crippen molar-refractivity contribution in [1.29, 1.82) is 0 Å². The first kappa shape index (κ1) is 17.9. The van der Waals surface area contributed by atoms with Crippen LogP contribution >= 0.6 is 0 Å². The number of carboxylic acids is 1. The standard InChI is InChI=1S/C16H17N5O4/c22-14(7-8-16(24)25)17-9-3-1-2-4-15(23)18-11-5-6-12-13(10-11)20-21-19-12/h2,4-8,10H,1,3,9H2,(H,17,22)(H,18,23)(H,24,25)(H,19,20,21). The number of unbranched alkanes of at least 4 members (excludes halogenated alkanes) is 1. The Bertz CT molecular complexity index is 825. The van der Waals surface area contributed by atoms with Crippen LogP contribution in [0, 0.1) is 0 Å². The van der Waals surface area contributed by atoms with Crippen LogP contribution in [0.15, 0.2) is 42.5 Å². The summed E-state index contributed by atoms with van der Waals surface area (Å²) in [4.78, 5) is 33.3. The highest BCUT2D eigenvalue weighted by molar-refractivity contribution is 6.00. The summed E-state index contributed by atoms with van der Waals surface area (Å²) in [5.74, 6) is -1.91. The number of allylic oxidation sites excluding steroid dienone is 1. The van der Waals surface area contributed by atoms with Crippen LogP contribution in [0.25, 0.3) is 11.0 Å². The third kappa shape index (κ3) is 6.26. The molecule has 0 bridgehead atoms. The van der Waals surface area contributed by atoms with Crippen molar-refractivity contribution in [3.05, 3.63) is 42.5 Å². The number of hydrogen-bond acceptors (Lipinski definition) is 5. The molecule has 4 N–H and O–H groups in total. The van der Waals surface area contributed by atoms with E-state index < -0.39 is 11.9 Å². The van der Waals surface area contributed by atoms with Crippen molar-refractivity contribution >= 4 is 34.5 Å². The molecule has 0 fully saturated rings. The minimum Gasteiger partial charge on any atom is -0.478 e. The van der Waals surface area contributed by atoms with Gasteiger partial charge in [-0.25, -0.2) is 4.79 Å². The number of benzene rings is 1. The first-order valence-electron chi connectivity index (χ1n) is 7.51. The quantitative estimate of drug-likeness (QED) is 0.417. The molecule has 2 amide bonds. The van der Waals surface area contributed by atoms with Gasteiger partial charge in [-0.2, -0.15) is 15.4 Å². The van der Waals surface area contributed by atoms with E-state index in [-0.39, 0.29) is 5.91 Å². The van der Waals surface area contributed by atoms with Crippen LogP contribution in [0.1, 0.15) is 12.8 Å². The summed E-state index contributed by atoms with van der Waals surface area (Å²) in [6, 6.07) is 5.20. The molecule has 0 saturated carbocycles. The van der Waals surface area contributed by atoms with Gasteiger partial charge in [-0.05, 0) is 37.1 Å². The molecule has 0 aliphatic rings. The number of fused-ring (bicyclic) bond motifs is 1. The van der Waals surface area contributed by atoms with Gasteiger partial charge in [0.15, 0.2) is 0 Å². The van der Waals surface area contributed by atoms with Crippen LogP contribution in [0.2, 0.25) is 0 Å². The van der Waals surface area contributed by atoms with Crippen molar-refractivity contribution in [2.24, 2.45) is 0 Å². The lowest BCUT2D eigenvalue weighted by Crippen LogP contribution is -2.22. The van der Waals surface area contributed by atoms with Crippen LogP contribution in [0.3, 0.4) is 0 Å². The Morgan fingerprint density at radius 1 is 1.08 bits per heavy atom. The van der Waals surface area contributed by atoms with E-state index in [0.717, 1.165) is 12.2 Å². The molecule has 25 heavy (non-hydrogen) atoms. The molecule has 1 aromatic heterocycles. The summed E-state index contributed by atoms with van der Waals surface area (Å²) in [6.07, 6.45) is 6.07. The van der Waals surface area contributed by atoms with Crippen molar-refractivity contribution < 1.29 is 19.5 Å². The van der Waals surface area contributed by atoms with E-state index in [9.17, 15) is 14.4 Å². The Labute approximate surface area is 142 Å². The Kier molecular flexibility index (Phi) is 6.40. The van der Waals surface area contributed by atoms with Gasteiger partial charge in [-0.3, -0.25) is 9.59 Å². The third-order valence-electron chi connectivity index (χ3n) is 3.08. The van der Waals surface area contributed by atoms with Gasteiger partial charge in [0.2, 0.25) is 11.8 Å². The van der Waals surface area contributed by atoms with Crippen LogP contribution in [0.4, 0.5) is 5.69 Å². The lowest BCUT2D eigenvalue weighted by molar-refractivity contribution is -0.131. The van der Waals surface area contributed by atoms with Crippen molar-refractivity contribution in [1.82, 2.24) is 20.7 Å². The Balaban J connectivity index is 1.66. The van der Waals surface area contributed by atoms with Crippen LogP contribution < -0.4 is 10.6 Å². The summed E-state index contributed by atoms with van der Waals surface area (Å²) in [6.45, 7) is 0.386. The van der Waals surface area contributed by atoms with Gasteiger partial charge in [-0.15, -0.1) is 0 Å². The summed E-state index contributed by atoms with van der Waals surface area (Å²) in [5, 5.41) is 24.0. The first-order valence-corrected chi connectivity index (χ1v) is 7.51. The summed E-state index contributed by atoms with van der Waals surface area (Å²) >= 11 is 0. The number of aromatic nitrogens is 3. The number of rotatable bonds is 8. The number of carbonyl (C=O) groups excluding carboxylic acids is 2. The molecular formula is C16H17N5O4. The summed E-state index contributed by atoms with van der Waals surface area (Å²) in [7, 11) is 0. The first-order chi connectivity index (χ1) is 12.0. The van der Waals surface area contributed by atoms with Crippen LogP contribution in [-0.2, 0) is 14.4 Å². The number of hydrogen-bond donors (Lipinski definition) is 4. The molecule has 2 rings (SSSR count). The largest absolute Gasteiger partial charge is 0.478 e. The predicted molar refractivity (Wildman–Crippen MR) is 90.7 cm³/mol. The fraction of sp³-hybridized carbons (Fsp3) is 0.188. The Hall–Kier alpha value is -3.49. The number of anilines is 1. The molecule has 0 aliphatic carbocycles. The van der Waals surface area contributed by atoms with Gasteiger partial charge < -0.3 is 15.7 Å². The fourth-order valence-electron chi connectivity index (χ4n) is 1.93. The number of nitrogens with zero attached hydrogens (tertiary/aromatic N) is 2. The monoisotopic (exact) mass is 343 g/mol. The molecule has 1 heterocycles. The normalized spacial score (nSPS) is 11.2. The Morgan fingerprint density at radius 2 is 1.88 bits per heavy atom. The highest BCUT2D eigenvalue weighted by Crippen LogP contribution is 2.14. The molecule has 9 nitrogen and oxygen atoms in total. The molecule has 9 heteroatoms. The number of aliphatic carboxylic acids is 1. The topological polar surface area (TPSA) is 137 Å². The highest BCUT2D eigenvalue weighted by Gasteiger charge is 2.02. The maximum atomic E-state index is 11.8. The average Bonchev–Trinajstić information content (AvgIpc) is 3.03. The molecule has 0 spiro atoms. The molecular weight excluding hydrogens is 326 g/mol. The second-order valence-electron chi connectivity index (χ2n) is 5.02. The fourth-order valence-corrected chi connectivity index (χ4v) is 1.93. The number of aromatic amines is 1. The van der Waals surface area contributed by atoms with Crippen molar-refractivity contribution in [2.75, 3.05) is 11.9 Å². The molecule has 0 unspecified atom stereocenters. The minimum absolute atomic E-state index is 0.267. The van der Waals surface area contributed by atoms with E-state index in [2.05, 4.69) is 26.0 Å². The second kappa shape index (κ2) is 8.96. The van der Waals surface area contributed by atoms with E-state index in [1.807, 2.05) is 0 Å². The van der Waals surface area contributed by atoms with Crippen molar-refractivity contribution in [3.8, 4) is 0 Å². The predicted octanol–water partition coefficient (Wildman–Crippen LogP) is 0.990. The van der Waals surface area contributed by atoms with Gasteiger partial charge in [0.1, 0.15) is 11.0 Å². The third-order valence-corrected chi connectivity index (χ3v) is 3.08. The molecule has 2 aromatic rings. The number of carboxylic acid groups (broad SMARTS) is 1. The van der Waals surface area contributed by atoms with Gasteiger partial charge in [0.25, 0.3) is 0 Å². The highest BCUT2D eigenvalue weighted by atomic mass is 16.4. The van der Waals surface area contributed by atoms with E-state index in [1.165, 1.54) is 6.08 Å². The number of H-pyrrole nitrogens is 1. The van der Waals surface area contributed by atoms with Gasteiger partial charge in [0, 0.05) is 24.4 Å². The smallest absolute Gasteiger partial charge is 0.328 e. The van der Waals surface area contributed by atoms with Gasteiger partial charge in [-0.1, -0.05) is 6.08 Å². The van der Waals surface area contributed by atoms with Crippen LogP contribution in [0.5, 0.6) is 0 Å². The second-order valence-corrected chi connectivity index (χ2v) is 5.02. The van der Waals surface area contributed by atoms with Gasteiger partial charge >= 0.3 is 5.97 Å². The van der Waals surface area contributed by atoms with E-state index in [1.54, 1.807) is 24.3 Å². The van der Waals surface area contributed by atoms with E-state index in [0.29, 0.717) is 36.1 Å². The van der Waals surface area contributed by atoms with E-state index >= 15 is 0 Å². The molecule has 130 valence electrons. The number of carbonyl (C=O) groups is 3. The molecule has 0 radical (unpaired) electrons. The number of amides is 2. The lowest BCUT2D eigenvalue weighted by atomic mass is 10.2. The van der Waals surface area contributed by atoms with Crippen LogP contribution in [-0.4, -0.2) is 44.8 Å². The zero-order valence-electron chi connectivity index (χ0n) is 13.2. The maximum Gasteiger partial charge on any atom is 0.328 e. The van der Waals surface area contributed by atoms with Crippen molar-refractivity contribution in [3.63, 3.8) is 0 Å². The molecule has 0 atom stereocenters. The summed E-state index contributed by atoms with van der Waals surface area (Å²) < 4.78 is 0.